The molecule has 2 aromatic carbocycles. The number of carbonyl (C=O) groups is 2. The zero-order valence-electron chi connectivity index (χ0n) is 18.7. The Kier molecular flexibility index (Phi) is 7.94. The van der Waals surface area contributed by atoms with E-state index in [2.05, 4.69) is 18.7 Å². The number of aliphatic hydroxyl groups excluding tert-OH is 1. The highest BCUT2D eigenvalue weighted by atomic mass is 35.5. The van der Waals surface area contributed by atoms with Crippen molar-refractivity contribution in [2.75, 3.05) is 33.3 Å². The first kappa shape index (κ1) is 23.8. The van der Waals surface area contributed by atoms with Crippen molar-refractivity contribution in [2.24, 2.45) is 0 Å². The molecule has 3 rings (SSSR count). The summed E-state index contributed by atoms with van der Waals surface area (Å²) in [6, 6.07) is 13.1. The first-order valence-corrected chi connectivity index (χ1v) is 11.2. The Labute approximate surface area is 194 Å². The molecule has 0 radical (unpaired) electrons. The van der Waals surface area contributed by atoms with Gasteiger partial charge < -0.3 is 19.6 Å². The SMILES string of the molecule is CCN(CC)CCCN1C(=O)C(=O)C(=C(O)c2ccc(OC)cc2)[C@H]1c1ccc(Cl)cc1. The van der Waals surface area contributed by atoms with E-state index in [-0.39, 0.29) is 11.3 Å². The highest BCUT2D eigenvalue weighted by molar-refractivity contribution is 6.46. The second kappa shape index (κ2) is 10.7. The molecule has 170 valence electrons. The van der Waals surface area contributed by atoms with Crippen LogP contribution in [0, 0.1) is 0 Å². The van der Waals surface area contributed by atoms with Crippen LogP contribution in [0.3, 0.4) is 0 Å². The largest absolute Gasteiger partial charge is 0.507 e. The number of amides is 1. The molecule has 0 bridgehead atoms. The molecule has 1 amide bonds. The lowest BCUT2D eigenvalue weighted by molar-refractivity contribution is -0.140. The Hall–Kier alpha value is -2.83. The molecule has 2 aromatic rings. The number of nitrogens with zero attached hydrogens (tertiary/aromatic N) is 2. The third-order valence-corrected chi connectivity index (χ3v) is 6.11. The van der Waals surface area contributed by atoms with E-state index in [0.717, 1.165) is 31.6 Å². The van der Waals surface area contributed by atoms with Crippen molar-refractivity contribution in [3.63, 3.8) is 0 Å². The van der Waals surface area contributed by atoms with Crippen molar-refractivity contribution >= 4 is 29.1 Å². The normalized spacial score (nSPS) is 17.9. The monoisotopic (exact) mass is 456 g/mol. The molecule has 7 heteroatoms. The molecule has 1 aliphatic heterocycles. The van der Waals surface area contributed by atoms with Crippen LogP contribution >= 0.6 is 11.6 Å². The van der Waals surface area contributed by atoms with Crippen molar-refractivity contribution in [1.82, 2.24) is 9.80 Å². The third-order valence-electron chi connectivity index (χ3n) is 5.86. The van der Waals surface area contributed by atoms with E-state index in [9.17, 15) is 14.7 Å². The molecule has 1 aliphatic rings. The van der Waals surface area contributed by atoms with E-state index in [1.54, 1.807) is 60.5 Å². The topological polar surface area (TPSA) is 70.1 Å². The minimum Gasteiger partial charge on any atom is -0.507 e. The molecule has 0 unspecified atom stereocenters. The van der Waals surface area contributed by atoms with Gasteiger partial charge in [-0.3, -0.25) is 9.59 Å². The summed E-state index contributed by atoms with van der Waals surface area (Å²) in [6.45, 7) is 7.27. The van der Waals surface area contributed by atoms with Gasteiger partial charge in [0.05, 0.1) is 18.7 Å². The summed E-state index contributed by atoms with van der Waals surface area (Å²) in [4.78, 5) is 29.9. The molecule has 0 saturated carbocycles. The first-order chi connectivity index (χ1) is 15.4. The van der Waals surface area contributed by atoms with Gasteiger partial charge in [-0.1, -0.05) is 37.6 Å². The first-order valence-electron chi connectivity index (χ1n) is 10.8. The maximum Gasteiger partial charge on any atom is 0.295 e. The van der Waals surface area contributed by atoms with Gasteiger partial charge in [0.15, 0.2) is 0 Å². The summed E-state index contributed by atoms with van der Waals surface area (Å²) in [5.74, 6) is -0.842. The summed E-state index contributed by atoms with van der Waals surface area (Å²) in [6.07, 6.45) is 0.724. The van der Waals surface area contributed by atoms with Crippen LogP contribution in [0.15, 0.2) is 54.1 Å². The van der Waals surface area contributed by atoms with Crippen molar-refractivity contribution < 1.29 is 19.4 Å². The number of ketones is 1. The van der Waals surface area contributed by atoms with E-state index in [1.807, 2.05) is 0 Å². The summed E-state index contributed by atoms with van der Waals surface area (Å²) in [5.41, 5.74) is 1.27. The molecule has 6 nitrogen and oxygen atoms in total. The Morgan fingerprint density at radius 1 is 1.06 bits per heavy atom. The number of carbonyl (C=O) groups excluding carboxylic acids is 2. The molecule has 0 aromatic heterocycles. The number of likely N-dealkylation sites (tertiary alicyclic amines) is 1. The average Bonchev–Trinajstić information content (AvgIpc) is 3.07. The van der Waals surface area contributed by atoms with E-state index >= 15 is 0 Å². The Bertz CT molecular complexity index is 982. The fourth-order valence-electron chi connectivity index (χ4n) is 4.01. The fourth-order valence-corrected chi connectivity index (χ4v) is 4.14. The number of benzene rings is 2. The lowest BCUT2D eigenvalue weighted by Crippen LogP contribution is -2.33. The summed E-state index contributed by atoms with van der Waals surface area (Å²) >= 11 is 6.06. The van der Waals surface area contributed by atoms with Gasteiger partial charge >= 0.3 is 0 Å². The van der Waals surface area contributed by atoms with E-state index in [0.29, 0.717) is 22.9 Å². The Morgan fingerprint density at radius 3 is 2.25 bits per heavy atom. The minimum atomic E-state index is -0.680. The van der Waals surface area contributed by atoms with Gasteiger partial charge in [0.1, 0.15) is 11.5 Å². The number of rotatable bonds is 9. The van der Waals surface area contributed by atoms with Gasteiger partial charge in [-0.2, -0.15) is 0 Å². The van der Waals surface area contributed by atoms with E-state index in [1.165, 1.54) is 0 Å². The van der Waals surface area contributed by atoms with Gasteiger partial charge in [0.2, 0.25) is 0 Å². The average molecular weight is 457 g/mol. The summed E-state index contributed by atoms with van der Waals surface area (Å²) < 4.78 is 5.17. The number of hydrogen-bond acceptors (Lipinski definition) is 5. The minimum absolute atomic E-state index is 0.0883. The lowest BCUT2D eigenvalue weighted by Gasteiger charge is -2.26. The number of ether oxygens (including phenoxy) is 1. The molecule has 1 atom stereocenters. The third kappa shape index (κ3) is 4.97. The number of hydrogen-bond donors (Lipinski definition) is 1. The number of Topliss-reactive ketones (excluding diaryl/α,β-unsaturated/α-hetero) is 1. The van der Waals surface area contributed by atoms with E-state index in [4.69, 9.17) is 16.3 Å². The lowest BCUT2D eigenvalue weighted by atomic mass is 9.95. The number of aliphatic hydroxyl groups is 1. The van der Waals surface area contributed by atoms with E-state index < -0.39 is 17.7 Å². The van der Waals surface area contributed by atoms with Crippen molar-refractivity contribution in [1.29, 1.82) is 0 Å². The van der Waals surface area contributed by atoms with Crippen LogP contribution < -0.4 is 4.74 Å². The van der Waals surface area contributed by atoms with Crippen LogP contribution in [-0.4, -0.2) is 59.9 Å². The van der Waals surface area contributed by atoms with Crippen molar-refractivity contribution in [3.8, 4) is 5.75 Å². The summed E-state index contributed by atoms with van der Waals surface area (Å²) in [5, 5.41) is 11.6. The highest BCUT2D eigenvalue weighted by Gasteiger charge is 2.45. The Morgan fingerprint density at radius 2 is 1.69 bits per heavy atom. The van der Waals surface area contributed by atoms with Gasteiger partial charge in [0, 0.05) is 17.1 Å². The molecule has 1 heterocycles. The van der Waals surface area contributed by atoms with Crippen LogP contribution in [0.1, 0.15) is 37.4 Å². The predicted molar refractivity (Wildman–Crippen MR) is 126 cm³/mol. The molecular formula is C25H29ClN2O4. The van der Waals surface area contributed by atoms with Crippen LogP contribution in [0.25, 0.3) is 5.76 Å². The molecule has 1 N–H and O–H groups in total. The van der Waals surface area contributed by atoms with Crippen LogP contribution in [0.4, 0.5) is 0 Å². The smallest absolute Gasteiger partial charge is 0.295 e. The van der Waals surface area contributed by atoms with Crippen molar-refractivity contribution in [3.05, 3.63) is 70.3 Å². The van der Waals surface area contributed by atoms with Gasteiger partial charge in [0.25, 0.3) is 11.7 Å². The maximum absolute atomic E-state index is 13.0. The summed E-state index contributed by atoms with van der Waals surface area (Å²) in [7, 11) is 1.55. The zero-order chi connectivity index (χ0) is 23.3. The molecule has 0 aliphatic carbocycles. The maximum atomic E-state index is 13.0. The highest BCUT2D eigenvalue weighted by Crippen LogP contribution is 2.39. The number of methoxy groups -OCH3 is 1. The molecule has 1 saturated heterocycles. The number of halogens is 1. The Balaban J connectivity index is 2.01. The van der Waals surface area contributed by atoms with Gasteiger partial charge in [-0.05, 0) is 68.0 Å². The molecule has 32 heavy (non-hydrogen) atoms. The molecule has 0 spiro atoms. The standard InChI is InChI=1S/C25H29ClN2O4/c1-4-27(5-2)15-6-16-28-22(17-7-11-19(26)12-8-17)21(24(30)25(28)31)23(29)18-9-13-20(32-3)14-10-18/h7-14,22,29H,4-6,15-16H2,1-3H3/t22-/m1/s1. The van der Waals surface area contributed by atoms with Gasteiger partial charge in [-0.15, -0.1) is 0 Å². The zero-order valence-corrected chi connectivity index (χ0v) is 19.4. The van der Waals surface area contributed by atoms with Crippen molar-refractivity contribution in [2.45, 2.75) is 26.3 Å². The predicted octanol–water partition coefficient (Wildman–Crippen LogP) is 4.50. The van der Waals surface area contributed by atoms with Gasteiger partial charge in [-0.25, -0.2) is 0 Å². The molecule has 1 fully saturated rings. The van der Waals surface area contributed by atoms with Crippen LogP contribution in [0.5, 0.6) is 5.75 Å². The molecular weight excluding hydrogens is 428 g/mol. The quantitative estimate of drug-likeness (QED) is 0.341. The fraction of sp³-hybridized carbons (Fsp3) is 0.360. The second-order valence-corrected chi connectivity index (χ2v) is 8.09. The second-order valence-electron chi connectivity index (χ2n) is 7.65. The van der Waals surface area contributed by atoms with Crippen LogP contribution in [-0.2, 0) is 9.59 Å². The van der Waals surface area contributed by atoms with Crippen LogP contribution in [0.2, 0.25) is 5.02 Å².